The molecule has 2 nitrogen and oxygen atoms in total. The summed E-state index contributed by atoms with van der Waals surface area (Å²) in [5.74, 6) is -1.65. The second kappa shape index (κ2) is 10.1. The van der Waals surface area contributed by atoms with Gasteiger partial charge in [0.2, 0.25) is 0 Å². The van der Waals surface area contributed by atoms with Gasteiger partial charge in [0.1, 0.15) is 0 Å². The molecular weight excluding hydrogens is 199 g/mol. The largest absolute Gasteiger partial charge is 1.00 e. The number of aliphatic carboxylic acids is 1. The molecule has 66 valence electrons. The van der Waals surface area contributed by atoms with Crippen LogP contribution >= 0.6 is 11.6 Å². The van der Waals surface area contributed by atoms with Crippen molar-refractivity contribution in [2.75, 3.05) is 5.88 Å². The standard InChI is InChI=1S/C7H8.C2H3ClO2.Na/c1-7-5-3-2-4-6-7;3-1-2(4)5;/h2-6H,1H3;1H2,(H,4,5);/q;;+1/p-1. The molecule has 0 spiro atoms. The molecule has 0 fully saturated rings. The van der Waals surface area contributed by atoms with Gasteiger partial charge in [-0.2, -0.15) is 0 Å². The molecule has 0 saturated carbocycles. The number of hydrogen-bond acceptors (Lipinski definition) is 2. The van der Waals surface area contributed by atoms with Gasteiger partial charge in [-0.15, -0.1) is 11.6 Å². The third-order valence-electron chi connectivity index (χ3n) is 1.05. The smallest absolute Gasteiger partial charge is 0.549 e. The van der Waals surface area contributed by atoms with E-state index in [1.807, 2.05) is 18.2 Å². The third kappa shape index (κ3) is 12.0. The Morgan fingerprint density at radius 3 is 1.92 bits per heavy atom. The van der Waals surface area contributed by atoms with Gasteiger partial charge < -0.3 is 9.90 Å². The fourth-order valence-corrected chi connectivity index (χ4v) is 0.534. The molecule has 0 amide bonds. The van der Waals surface area contributed by atoms with Crippen LogP contribution < -0.4 is 34.7 Å². The van der Waals surface area contributed by atoms with E-state index in [0.29, 0.717) is 0 Å². The Labute approximate surface area is 105 Å². The Balaban J connectivity index is 0. The minimum absolute atomic E-state index is 0. The summed E-state index contributed by atoms with van der Waals surface area (Å²) in [4.78, 5) is 9.12. The van der Waals surface area contributed by atoms with E-state index in [1.165, 1.54) is 5.56 Å². The number of halogens is 1. The van der Waals surface area contributed by atoms with E-state index in [4.69, 9.17) is 9.90 Å². The van der Waals surface area contributed by atoms with Crippen molar-refractivity contribution in [2.45, 2.75) is 6.92 Å². The van der Waals surface area contributed by atoms with E-state index in [1.54, 1.807) is 0 Å². The average molecular weight is 209 g/mol. The minimum atomic E-state index is -1.23. The molecule has 0 unspecified atom stereocenters. The van der Waals surface area contributed by atoms with Crippen molar-refractivity contribution < 1.29 is 39.5 Å². The van der Waals surface area contributed by atoms with Crippen LogP contribution in [0.3, 0.4) is 0 Å². The van der Waals surface area contributed by atoms with E-state index in [0.717, 1.165) is 0 Å². The predicted molar refractivity (Wildman–Crippen MR) is 46.9 cm³/mol. The second-order valence-electron chi connectivity index (χ2n) is 2.16. The van der Waals surface area contributed by atoms with Crippen LogP contribution in [0.25, 0.3) is 0 Å². The quantitative estimate of drug-likeness (QED) is 0.395. The van der Waals surface area contributed by atoms with Gasteiger partial charge in [0.25, 0.3) is 0 Å². The number of carbonyl (C=O) groups excluding carboxylic acids is 1. The average Bonchev–Trinajstić information content (AvgIpc) is 2.07. The first kappa shape index (κ1) is 15.5. The Bertz CT molecular complexity index is 226. The number of rotatable bonds is 1. The van der Waals surface area contributed by atoms with Crippen LogP contribution in [-0.4, -0.2) is 11.8 Å². The van der Waals surface area contributed by atoms with E-state index in [9.17, 15) is 0 Å². The predicted octanol–water partition coefficient (Wildman–Crippen LogP) is -2.03. The molecule has 0 heterocycles. The molecule has 13 heavy (non-hydrogen) atoms. The third-order valence-corrected chi connectivity index (χ3v) is 1.27. The molecule has 1 rings (SSSR count). The summed E-state index contributed by atoms with van der Waals surface area (Å²) in [5.41, 5.74) is 1.32. The normalized spacial score (nSPS) is 7.54. The number of hydrogen-bond donors (Lipinski definition) is 0. The zero-order valence-corrected chi connectivity index (χ0v) is 10.5. The van der Waals surface area contributed by atoms with Gasteiger partial charge in [-0.25, -0.2) is 0 Å². The van der Waals surface area contributed by atoms with Crippen molar-refractivity contribution >= 4 is 17.6 Å². The Hall–Kier alpha value is -0.0200. The number of alkyl halides is 1. The van der Waals surface area contributed by atoms with Crippen LogP contribution in [0.1, 0.15) is 5.56 Å². The van der Waals surface area contributed by atoms with Gasteiger partial charge >= 0.3 is 29.6 Å². The second-order valence-corrected chi connectivity index (χ2v) is 2.43. The minimum Gasteiger partial charge on any atom is -0.549 e. The van der Waals surface area contributed by atoms with Gasteiger partial charge in [0, 0.05) is 0 Å². The molecule has 0 atom stereocenters. The molecule has 4 heteroatoms. The van der Waals surface area contributed by atoms with E-state index >= 15 is 0 Å². The summed E-state index contributed by atoms with van der Waals surface area (Å²) in [7, 11) is 0. The van der Waals surface area contributed by atoms with Crippen molar-refractivity contribution in [2.24, 2.45) is 0 Å². The molecule has 0 saturated heterocycles. The van der Waals surface area contributed by atoms with Crippen molar-refractivity contribution in [3.05, 3.63) is 35.9 Å². The van der Waals surface area contributed by atoms with E-state index < -0.39 is 11.8 Å². The molecule has 0 radical (unpaired) electrons. The van der Waals surface area contributed by atoms with Crippen LogP contribution in [0, 0.1) is 6.92 Å². The topological polar surface area (TPSA) is 40.1 Å². The first-order valence-corrected chi connectivity index (χ1v) is 3.97. The summed E-state index contributed by atoms with van der Waals surface area (Å²) in [6.45, 7) is 2.08. The fraction of sp³-hybridized carbons (Fsp3) is 0.222. The number of carbonyl (C=O) groups is 1. The van der Waals surface area contributed by atoms with Crippen LogP contribution in [-0.2, 0) is 4.79 Å². The zero-order chi connectivity index (χ0) is 9.40. The first-order chi connectivity index (χ1) is 5.66. The Morgan fingerprint density at radius 1 is 1.38 bits per heavy atom. The van der Waals surface area contributed by atoms with Crippen LogP contribution in [0.4, 0.5) is 0 Å². The summed E-state index contributed by atoms with van der Waals surface area (Å²) >= 11 is 4.67. The first-order valence-electron chi connectivity index (χ1n) is 3.44. The summed E-state index contributed by atoms with van der Waals surface area (Å²) < 4.78 is 0. The SMILES string of the molecule is Cc1ccccc1.O=C([O-])CCl.[Na+]. The Morgan fingerprint density at radius 2 is 1.77 bits per heavy atom. The molecule has 0 N–H and O–H groups in total. The maximum absolute atomic E-state index is 9.12. The molecule has 0 aliphatic rings. The molecular formula is C9H10ClNaO2. The molecule has 0 aliphatic heterocycles. The van der Waals surface area contributed by atoms with Gasteiger partial charge in [0.15, 0.2) is 0 Å². The molecule has 1 aromatic rings. The van der Waals surface area contributed by atoms with Crippen LogP contribution in [0.2, 0.25) is 0 Å². The molecule has 0 aliphatic carbocycles. The summed E-state index contributed by atoms with van der Waals surface area (Å²) in [5, 5.41) is 9.12. The van der Waals surface area contributed by atoms with Gasteiger partial charge in [-0.05, 0) is 6.92 Å². The molecule has 0 bridgehead atoms. The van der Waals surface area contributed by atoms with Gasteiger partial charge in [-0.1, -0.05) is 35.9 Å². The maximum atomic E-state index is 9.12. The van der Waals surface area contributed by atoms with Crippen LogP contribution in [0.5, 0.6) is 0 Å². The summed E-state index contributed by atoms with van der Waals surface area (Å²) in [6.07, 6.45) is 0. The van der Waals surface area contributed by atoms with Crippen molar-refractivity contribution in [3.63, 3.8) is 0 Å². The monoisotopic (exact) mass is 208 g/mol. The summed E-state index contributed by atoms with van der Waals surface area (Å²) in [6, 6.07) is 10.3. The zero-order valence-electron chi connectivity index (χ0n) is 7.79. The van der Waals surface area contributed by atoms with Gasteiger partial charge in [0.05, 0.1) is 11.8 Å². The fourth-order valence-electron chi connectivity index (χ4n) is 0.534. The number of aryl methyl sites for hydroxylation is 1. The maximum Gasteiger partial charge on any atom is 1.00 e. The van der Waals surface area contributed by atoms with Crippen molar-refractivity contribution in [3.8, 4) is 0 Å². The number of benzene rings is 1. The van der Waals surface area contributed by atoms with E-state index in [2.05, 4.69) is 30.7 Å². The number of carboxylic acid groups (broad SMARTS) is 1. The Kier molecular flexibility index (Phi) is 12.0. The molecule has 0 aromatic heterocycles. The molecule has 1 aromatic carbocycles. The van der Waals surface area contributed by atoms with Gasteiger partial charge in [-0.3, -0.25) is 0 Å². The van der Waals surface area contributed by atoms with Crippen molar-refractivity contribution in [1.29, 1.82) is 0 Å². The van der Waals surface area contributed by atoms with Crippen molar-refractivity contribution in [1.82, 2.24) is 0 Å². The van der Waals surface area contributed by atoms with Crippen LogP contribution in [0.15, 0.2) is 30.3 Å². The number of carboxylic acids is 1. The van der Waals surface area contributed by atoms with E-state index in [-0.39, 0.29) is 29.6 Å².